The predicted octanol–water partition coefficient (Wildman–Crippen LogP) is 26.5. The van der Waals surface area contributed by atoms with Gasteiger partial charge in [-0.3, -0.25) is 0 Å². The van der Waals surface area contributed by atoms with Crippen molar-refractivity contribution in [1.82, 2.24) is 0 Å². The van der Waals surface area contributed by atoms with Gasteiger partial charge in [0, 0.05) is 16.2 Å². The minimum absolute atomic E-state index is 0.323. The zero-order valence-corrected chi connectivity index (χ0v) is 62.8. The third kappa shape index (κ3) is 27.2. The van der Waals surface area contributed by atoms with E-state index in [0.717, 1.165) is 116 Å². The minimum Gasteiger partial charge on any atom is -0.508 e. The summed E-state index contributed by atoms with van der Waals surface area (Å²) in [5, 5.41) is 68.2. The molecule has 0 bridgehead atoms. The fourth-order valence-corrected chi connectivity index (χ4v) is 11.2. The van der Waals surface area contributed by atoms with Crippen LogP contribution in [0.15, 0.2) is 352 Å². The molecule has 6 nitrogen and oxygen atoms in total. The molecule has 0 saturated carbocycles. The van der Waals surface area contributed by atoms with Gasteiger partial charge in [-0.2, -0.15) is 0 Å². The van der Waals surface area contributed by atoms with Crippen molar-refractivity contribution in [3.63, 3.8) is 0 Å². The second kappa shape index (κ2) is 45.1. The Bertz CT molecular complexity index is 4480. The summed E-state index contributed by atoms with van der Waals surface area (Å²) >= 11 is 0. The van der Waals surface area contributed by atoms with Crippen molar-refractivity contribution in [2.45, 2.75) is 107 Å². The first-order valence-electron chi connectivity index (χ1n) is 37.0. The van der Waals surface area contributed by atoms with Crippen LogP contribution >= 0.6 is 0 Å². The van der Waals surface area contributed by atoms with Gasteiger partial charge in [0.25, 0.3) is 0 Å². The van der Waals surface area contributed by atoms with E-state index in [9.17, 15) is 15.3 Å². The zero-order chi connectivity index (χ0) is 75.7. The molecule has 16 rings (SSSR count). The van der Waals surface area contributed by atoms with Crippen molar-refractivity contribution in [3.8, 4) is 34.5 Å². The summed E-state index contributed by atoms with van der Waals surface area (Å²) in [5.41, 5.74) is 11.4. The maximum Gasteiger partial charge on any atom is 0.123 e. The summed E-state index contributed by atoms with van der Waals surface area (Å²) < 4.78 is 0. The first-order valence-corrected chi connectivity index (χ1v) is 37.0. The molecule has 0 atom stereocenters. The number of aryl methyl sites for hydroxylation is 8. The molecule has 0 amide bonds. The number of fused-ring (bicyclic) bond motifs is 6. The minimum atomic E-state index is 0.323. The molecular formula is C100H104O6. The average molecular weight is 1400 g/mol. The van der Waals surface area contributed by atoms with Crippen LogP contribution in [0.5, 0.6) is 34.5 Å². The molecule has 0 aromatic heterocycles. The van der Waals surface area contributed by atoms with Gasteiger partial charge >= 0.3 is 0 Å². The molecule has 0 heterocycles. The molecule has 6 N–H and O–H groups in total. The number of hydrogen-bond donors (Lipinski definition) is 6. The van der Waals surface area contributed by atoms with E-state index in [4.69, 9.17) is 15.3 Å². The van der Waals surface area contributed by atoms with Crippen molar-refractivity contribution in [2.24, 2.45) is 0 Å². The van der Waals surface area contributed by atoms with Crippen LogP contribution in [0.25, 0.3) is 64.6 Å². The van der Waals surface area contributed by atoms with Crippen molar-refractivity contribution in [2.75, 3.05) is 0 Å². The normalized spacial score (nSPS) is 10.0. The van der Waals surface area contributed by atoms with E-state index in [1.165, 1.54) is 44.5 Å². The summed E-state index contributed by atoms with van der Waals surface area (Å²) in [6.45, 7) is 17.5. The molecule has 0 radical (unpaired) electrons. The Balaban J connectivity index is 0.000000164. The largest absolute Gasteiger partial charge is 0.508 e. The highest BCUT2D eigenvalue weighted by Gasteiger charge is 2.00. The highest BCUT2D eigenvalue weighted by Crippen LogP contribution is 2.27. The van der Waals surface area contributed by atoms with Gasteiger partial charge in [-0.25, -0.2) is 0 Å². The average Bonchev–Trinajstić information content (AvgIpc) is 0.875. The maximum atomic E-state index is 9.37. The molecule has 0 fully saturated rings. The molecular weight excluding hydrogens is 1300 g/mol. The Morgan fingerprint density at radius 2 is 0.311 bits per heavy atom. The van der Waals surface area contributed by atoms with Gasteiger partial charge in [-0.05, 0) is 199 Å². The first kappa shape index (κ1) is 81.2. The summed E-state index contributed by atoms with van der Waals surface area (Å²) in [5.74, 6) is 2.02. The zero-order valence-electron chi connectivity index (χ0n) is 62.8. The fourth-order valence-electron chi connectivity index (χ4n) is 11.2. The Labute approximate surface area is 629 Å². The lowest BCUT2D eigenvalue weighted by molar-refractivity contribution is 0.475. The number of phenolic OH excluding ortho intramolecular Hbond substituents is 6. The number of rotatable bonds is 8. The van der Waals surface area contributed by atoms with Gasteiger partial charge in [0.15, 0.2) is 0 Å². The summed E-state index contributed by atoms with van der Waals surface area (Å²) in [6.07, 6.45) is 9.14. The summed E-state index contributed by atoms with van der Waals surface area (Å²) in [6, 6.07) is 115. The molecule has 0 spiro atoms. The van der Waals surface area contributed by atoms with E-state index in [-0.39, 0.29) is 0 Å². The van der Waals surface area contributed by atoms with Crippen LogP contribution in [-0.2, 0) is 51.4 Å². The molecule has 0 aliphatic heterocycles. The predicted molar refractivity (Wildman–Crippen MR) is 454 cm³/mol. The van der Waals surface area contributed by atoms with Crippen LogP contribution in [0.4, 0.5) is 0 Å². The lowest BCUT2D eigenvalue weighted by Gasteiger charge is -1.97. The highest BCUT2D eigenvalue weighted by atomic mass is 16.3. The Kier molecular flexibility index (Phi) is 34.5. The van der Waals surface area contributed by atoms with Gasteiger partial charge in [-0.1, -0.05) is 353 Å². The second-order valence-electron chi connectivity index (χ2n) is 25.2. The van der Waals surface area contributed by atoms with Gasteiger partial charge in [-0.15, -0.1) is 0 Å². The van der Waals surface area contributed by atoms with Crippen molar-refractivity contribution in [3.05, 3.63) is 396 Å². The lowest BCUT2D eigenvalue weighted by atomic mass is 10.1. The van der Waals surface area contributed by atoms with Crippen LogP contribution in [0, 0.1) is 0 Å². The molecule has 0 saturated heterocycles. The van der Waals surface area contributed by atoms with E-state index >= 15 is 0 Å². The van der Waals surface area contributed by atoms with Gasteiger partial charge in [0.1, 0.15) is 34.5 Å². The van der Waals surface area contributed by atoms with E-state index in [1.807, 2.05) is 200 Å². The molecule has 0 aliphatic carbocycles. The van der Waals surface area contributed by atoms with E-state index in [0.29, 0.717) is 34.5 Å². The van der Waals surface area contributed by atoms with Crippen molar-refractivity contribution >= 4 is 64.6 Å². The number of aromatic hydroxyl groups is 6. The summed E-state index contributed by atoms with van der Waals surface area (Å²) in [7, 11) is 0. The lowest BCUT2D eigenvalue weighted by Crippen LogP contribution is -1.81. The Hall–Kier alpha value is -12.1. The maximum absolute atomic E-state index is 9.37. The van der Waals surface area contributed by atoms with Gasteiger partial charge in [0.2, 0.25) is 0 Å². The molecule has 16 aromatic carbocycles. The molecule has 6 heteroatoms. The van der Waals surface area contributed by atoms with Crippen LogP contribution in [-0.4, -0.2) is 30.6 Å². The third-order valence-corrected chi connectivity index (χ3v) is 17.9. The van der Waals surface area contributed by atoms with E-state index in [2.05, 4.69) is 152 Å². The van der Waals surface area contributed by atoms with Crippen LogP contribution in [0.2, 0.25) is 0 Å². The second-order valence-corrected chi connectivity index (χ2v) is 25.2. The topological polar surface area (TPSA) is 121 Å². The molecule has 0 unspecified atom stereocenters. The molecule has 540 valence electrons. The van der Waals surface area contributed by atoms with Crippen molar-refractivity contribution < 1.29 is 30.6 Å². The highest BCUT2D eigenvalue weighted by molar-refractivity contribution is 5.90. The smallest absolute Gasteiger partial charge is 0.123 e. The first-order chi connectivity index (χ1) is 51.7. The van der Waals surface area contributed by atoms with Crippen LogP contribution in [0.1, 0.15) is 99.9 Å². The Morgan fingerprint density at radius 3 is 0.491 bits per heavy atom. The van der Waals surface area contributed by atoms with Gasteiger partial charge in [0.05, 0.1) is 0 Å². The van der Waals surface area contributed by atoms with Crippen molar-refractivity contribution in [1.29, 1.82) is 0 Å². The van der Waals surface area contributed by atoms with Crippen LogP contribution in [0.3, 0.4) is 0 Å². The Morgan fingerprint density at radius 1 is 0.151 bits per heavy atom. The monoisotopic (exact) mass is 1400 g/mol. The summed E-state index contributed by atoms with van der Waals surface area (Å²) in [4.78, 5) is 0. The number of hydrogen-bond acceptors (Lipinski definition) is 6. The standard InChI is InChI=1S/6C10H8O.4C10H14/c3*11-10-7-3-5-8-4-1-2-6-9(8)10;3*11-10-6-5-8-3-1-2-4-9(8)7-10;4*1-3-9-5-7-10(4-2)8-6-9/h6*1-7,11H;4*5-8H,3-4H2,1-2H3. The third-order valence-electron chi connectivity index (χ3n) is 17.9. The molecule has 16 aromatic rings. The SMILES string of the molecule is CCc1ccc(CC)cc1.CCc1ccc(CC)cc1.CCc1ccc(CC)cc1.CCc1ccc(CC)cc1.Oc1ccc2ccccc2c1.Oc1ccc2ccccc2c1.Oc1ccc2ccccc2c1.Oc1cccc2ccccc12.Oc1cccc2ccccc12.Oc1cccc2ccccc12. The molecule has 106 heavy (non-hydrogen) atoms. The van der Waals surface area contributed by atoms with Gasteiger partial charge < -0.3 is 30.6 Å². The quantitative estimate of drug-likeness (QED) is 0.0901. The number of phenols is 6. The number of benzene rings is 16. The van der Waals surface area contributed by atoms with E-state index < -0.39 is 0 Å². The van der Waals surface area contributed by atoms with E-state index in [1.54, 1.807) is 54.6 Å². The van der Waals surface area contributed by atoms with Crippen LogP contribution < -0.4 is 0 Å². The molecule has 0 aliphatic rings. The fraction of sp³-hybridized carbons (Fsp3) is 0.160.